The van der Waals surface area contributed by atoms with Gasteiger partial charge in [0.05, 0.1) is 5.02 Å². The first-order valence-corrected chi connectivity index (χ1v) is 6.61. The van der Waals surface area contributed by atoms with Crippen LogP contribution in [0.3, 0.4) is 0 Å². The molecular formula is C15H15ClFNO. The van der Waals surface area contributed by atoms with E-state index in [-0.39, 0.29) is 10.8 Å². The van der Waals surface area contributed by atoms with Gasteiger partial charge in [-0.1, -0.05) is 24.6 Å². The van der Waals surface area contributed by atoms with Gasteiger partial charge in [0.15, 0.2) is 5.78 Å². The van der Waals surface area contributed by atoms with Crippen LogP contribution < -0.4 is 0 Å². The second-order valence-corrected chi connectivity index (χ2v) is 4.90. The number of ketones is 1. The number of Topliss-reactive ketones (excluding diaryl/α,β-unsaturated/α-hetero) is 1. The number of hydrogen-bond donors (Lipinski definition) is 0. The molecule has 0 bridgehead atoms. The number of hydrogen-bond acceptors (Lipinski definition) is 1. The third-order valence-electron chi connectivity index (χ3n) is 2.90. The second-order valence-electron chi connectivity index (χ2n) is 4.49. The Balaban J connectivity index is 2.11. The molecule has 0 amide bonds. The van der Waals surface area contributed by atoms with Crippen LogP contribution in [0.4, 0.5) is 4.39 Å². The second kappa shape index (κ2) is 6.02. The molecule has 19 heavy (non-hydrogen) atoms. The number of nitrogens with zero attached hydrogens (tertiary/aromatic N) is 1. The van der Waals surface area contributed by atoms with E-state index in [1.54, 1.807) is 12.1 Å². The number of carbonyl (C=O) groups excluding carboxylic acids is 1. The normalized spacial score (nSPS) is 10.7. The first kappa shape index (κ1) is 13.8. The van der Waals surface area contributed by atoms with Gasteiger partial charge in [-0.3, -0.25) is 4.79 Å². The minimum Gasteiger partial charge on any atom is -0.349 e. The van der Waals surface area contributed by atoms with Crippen LogP contribution in [0.25, 0.3) is 0 Å². The maximum absolute atomic E-state index is 13.0. The molecule has 4 heteroatoms. The van der Waals surface area contributed by atoms with Crippen molar-refractivity contribution in [3.8, 4) is 0 Å². The molecule has 0 saturated heterocycles. The molecule has 0 atom stereocenters. The maximum atomic E-state index is 13.0. The van der Waals surface area contributed by atoms with Crippen LogP contribution in [0.15, 0.2) is 36.7 Å². The quantitative estimate of drug-likeness (QED) is 0.748. The third-order valence-corrected chi connectivity index (χ3v) is 3.19. The van der Waals surface area contributed by atoms with E-state index < -0.39 is 5.82 Å². The van der Waals surface area contributed by atoms with Crippen LogP contribution in [-0.2, 0) is 6.54 Å². The smallest absolute Gasteiger partial charge is 0.164 e. The molecule has 0 aliphatic heterocycles. The van der Waals surface area contributed by atoms with Gasteiger partial charge >= 0.3 is 0 Å². The first-order valence-electron chi connectivity index (χ1n) is 6.23. The van der Waals surface area contributed by atoms with Gasteiger partial charge < -0.3 is 4.57 Å². The van der Waals surface area contributed by atoms with Crippen molar-refractivity contribution in [2.75, 3.05) is 0 Å². The molecule has 0 saturated carbocycles. The largest absolute Gasteiger partial charge is 0.349 e. The molecule has 0 fully saturated rings. The zero-order valence-corrected chi connectivity index (χ0v) is 11.5. The van der Waals surface area contributed by atoms with Crippen molar-refractivity contribution in [1.29, 1.82) is 0 Å². The Bertz CT molecular complexity index is 592. The fourth-order valence-corrected chi connectivity index (χ4v) is 2.13. The summed E-state index contributed by atoms with van der Waals surface area (Å²) in [7, 11) is 0. The molecule has 2 aromatic rings. The minimum atomic E-state index is -0.420. The van der Waals surface area contributed by atoms with E-state index in [1.807, 2.05) is 30.0 Å². The average Bonchev–Trinajstić information content (AvgIpc) is 2.83. The molecule has 0 unspecified atom stereocenters. The van der Waals surface area contributed by atoms with Gasteiger partial charge in [0.25, 0.3) is 0 Å². The summed E-state index contributed by atoms with van der Waals surface area (Å²) in [6.45, 7) is 2.55. The summed E-state index contributed by atoms with van der Waals surface area (Å²) in [5.41, 5.74) is 1.62. The average molecular weight is 280 g/mol. The molecule has 0 spiro atoms. The van der Waals surface area contributed by atoms with Crippen LogP contribution in [0.2, 0.25) is 5.02 Å². The molecule has 0 radical (unpaired) electrons. The number of aromatic nitrogens is 1. The molecule has 1 heterocycles. The van der Waals surface area contributed by atoms with Crippen molar-refractivity contribution in [2.24, 2.45) is 0 Å². The maximum Gasteiger partial charge on any atom is 0.164 e. The first-order chi connectivity index (χ1) is 9.10. The number of halogens is 2. The summed E-state index contributed by atoms with van der Waals surface area (Å²) in [6.07, 6.45) is 5.07. The molecule has 100 valence electrons. The molecule has 2 nitrogen and oxygen atoms in total. The minimum absolute atomic E-state index is 0.118. The van der Waals surface area contributed by atoms with E-state index in [4.69, 9.17) is 11.6 Å². The standard InChI is InChI=1S/C15H15ClFNO/c1-2-3-15(19)12-6-7-18(10-12)9-11-4-5-14(17)13(16)8-11/h4-8,10H,2-3,9H2,1H3. The predicted octanol–water partition coefficient (Wildman–Crippen LogP) is 4.31. The van der Waals surface area contributed by atoms with Gasteiger partial charge in [0, 0.05) is 30.9 Å². The summed E-state index contributed by atoms with van der Waals surface area (Å²) >= 11 is 5.74. The van der Waals surface area contributed by atoms with Crippen LogP contribution in [0.1, 0.15) is 35.7 Å². The number of benzene rings is 1. The number of rotatable bonds is 5. The molecule has 0 N–H and O–H groups in total. The van der Waals surface area contributed by atoms with Crippen molar-refractivity contribution in [3.05, 3.63) is 58.6 Å². The lowest BCUT2D eigenvalue weighted by atomic mass is 10.1. The Morgan fingerprint density at radius 3 is 2.84 bits per heavy atom. The van der Waals surface area contributed by atoms with Crippen LogP contribution in [0, 0.1) is 5.82 Å². The van der Waals surface area contributed by atoms with Crippen molar-refractivity contribution < 1.29 is 9.18 Å². The predicted molar refractivity (Wildman–Crippen MR) is 74.2 cm³/mol. The van der Waals surface area contributed by atoms with Crippen molar-refractivity contribution in [2.45, 2.75) is 26.3 Å². The van der Waals surface area contributed by atoms with E-state index >= 15 is 0 Å². The molecule has 1 aromatic carbocycles. The lowest BCUT2D eigenvalue weighted by Gasteiger charge is -2.04. The molecule has 1 aromatic heterocycles. The van der Waals surface area contributed by atoms with E-state index in [1.165, 1.54) is 6.07 Å². The Labute approximate surface area is 116 Å². The molecule has 0 aliphatic carbocycles. The van der Waals surface area contributed by atoms with Gasteiger partial charge in [-0.2, -0.15) is 0 Å². The van der Waals surface area contributed by atoms with E-state index in [0.29, 0.717) is 13.0 Å². The highest BCUT2D eigenvalue weighted by atomic mass is 35.5. The summed E-state index contributed by atoms with van der Waals surface area (Å²) in [5.74, 6) is -0.268. The highest BCUT2D eigenvalue weighted by Gasteiger charge is 2.07. The van der Waals surface area contributed by atoms with Gasteiger partial charge in [0.1, 0.15) is 5.82 Å². The summed E-state index contributed by atoms with van der Waals surface area (Å²) in [5, 5.41) is 0.118. The van der Waals surface area contributed by atoms with Gasteiger partial charge in [-0.15, -0.1) is 0 Å². The molecule has 0 aliphatic rings. The van der Waals surface area contributed by atoms with Crippen LogP contribution >= 0.6 is 11.6 Å². The monoisotopic (exact) mass is 279 g/mol. The van der Waals surface area contributed by atoms with Crippen molar-refractivity contribution in [3.63, 3.8) is 0 Å². The Morgan fingerprint density at radius 2 is 2.16 bits per heavy atom. The van der Waals surface area contributed by atoms with Crippen molar-refractivity contribution >= 4 is 17.4 Å². The van der Waals surface area contributed by atoms with E-state index in [0.717, 1.165) is 17.5 Å². The molecular weight excluding hydrogens is 265 g/mol. The topological polar surface area (TPSA) is 22.0 Å². The lowest BCUT2D eigenvalue weighted by molar-refractivity contribution is 0.0981. The van der Waals surface area contributed by atoms with Gasteiger partial charge in [0.2, 0.25) is 0 Å². The SMILES string of the molecule is CCCC(=O)c1ccn(Cc2ccc(F)c(Cl)c2)c1. The van der Waals surface area contributed by atoms with Gasteiger partial charge in [-0.25, -0.2) is 4.39 Å². The summed E-state index contributed by atoms with van der Waals surface area (Å²) < 4.78 is 14.9. The van der Waals surface area contributed by atoms with E-state index in [9.17, 15) is 9.18 Å². The zero-order chi connectivity index (χ0) is 13.8. The summed E-state index contributed by atoms with van der Waals surface area (Å²) in [6, 6.07) is 6.45. The lowest BCUT2D eigenvalue weighted by Crippen LogP contribution is -1.99. The Kier molecular flexibility index (Phi) is 4.38. The Morgan fingerprint density at radius 1 is 1.37 bits per heavy atom. The highest BCUT2D eigenvalue weighted by Crippen LogP contribution is 2.17. The van der Waals surface area contributed by atoms with Crippen LogP contribution in [-0.4, -0.2) is 10.4 Å². The number of carbonyl (C=O) groups is 1. The van der Waals surface area contributed by atoms with Crippen molar-refractivity contribution in [1.82, 2.24) is 4.57 Å². The fourth-order valence-electron chi connectivity index (χ4n) is 1.92. The highest BCUT2D eigenvalue weighted by molar-refractivity contribution is 6.30. The van der Waals surface area contributed by atoms with Crippen LogP contribution in [0.5, 0.6) is 0 Å². The Hall–Kier alpha value is -1.61. The fraction of sp³-hybridized carbons (Fsp3) is 0.267. The molecule has 2 rings (SSSR count). The zero-order valence-electron chi connectivity index (χ0n) is 10.7. The van der Waals surface area contributed by atoms with E-state index in [2.05, 4.69) is 0 Å². The third kappa shape index (κ3) is 3.44. The van der Waals surface area contributed by atoms with Gasteiger partial charge in [-0.05, 0) is 30.2 Å². The summed E-state index contributed by atoms with van der Waals surface area (Å²) in [4.78, 5) is 11.7.